The first-order valence-electron chi connectivity index (χ1n) is 5.78. The maximum atomic E-state index is 6.05. The van der Waals surface area contributed by atoms with E-state index >= 15 is 0 Å². The Balaban J connectivity index is 1.95. The molecule has 2 heterocycles. The van der Waals surface area contributed by atoms with Gasteiger partial charge in [-0.05, 0) is 25.7 Å². The predicted molar refractivity (Wildman–Crippen MR) is 57.1 cm³/mol. The van der Waals surface area contributed by atoms with Crippen LogP contribution >= 0.6 is 0 Å². The molecule has 2 rings (SSSR count). The second kappa shape index (κ2) is 4.17. The zero-order valence-electron chi connectivity index (χ0n) is 9.28. The fourth-order valence-corrected chi connectivity index (χ4v) is 2.91. The predicted octanol–water partition coefficient (Wildman–Crippen LogP) is 0.833. The van der Waals surface area contributed by atoms with Gasteiger partial charge in [0.15, 0.2) is 0 Å². The van der Waals surface area contributed by atoms with Gasteiger partial charge < -0.3 is 10.5 Å². The number of piperidine rings is 1. The van der Waals surface area contributed by atoms with E-state index in [1.54, 1.807) is 0 Å². The number of hydrogen-bond acceptors (Lipinski definition) is 3. The van der Waals surface area contributed by atoms with Gasteiger partial charge in [0.05, 0.1) is 6.10 Å². The third-order valence-electron chi connectivity index (χ3n) is 3.53. The quantitative estimate of drug-likeness (QED) is 0.678. The van der Waals surface area contributed by atoms with E-state index in [2.05, 4.69) is 18.7 Å². The van der Waals surface area contributed by atoms with Gasteiger partial charge in [0.2, 0.25) is 0 Å². The maximum absolute atomic E-state index is 6.05. The van der Waals surface area contributed by atoms with Crippen LogP contribution in [-0.4, -0.2) is 42.8 Å². The van der Waals surface area contributed by atoms with Crippen molar-refractivity contribution in [3.05, 3.63) is 0 Å². The summed E-state index contributed by atoms with van der Waals surface area (Å²) in [7, 11) is 0. The van der Waals surface area contributed by atoms with Crippen molar-refractivity contribution >= 4 is 0 Å². The van der Waals surface area contributed by atoms with Crippen LogP contribution < -0.4 is 5.73 Å². The van der Waals surface area contributed by atoms with Crippen LogP contribution in [0.15, 0.2) is 0 Å². The molecule has 4 unspecified atom stereocenters. The lowest BCUT2D eigenvalue weighted by molar-refractivity contribution is 0.0502. The van der Waals surface area contributed by atoms with Gasteiger partial charge in [0.25, 0.3) is 0 Å². The highest BCUT2D eigenvalue weighted by Gasteiger charge is 2.33. The number of ether oxygens (including phenoxy) is 1. The molecule has 14 heavy (non-hydrogen) atoms. The van der Waals surface area contributed by atoms with Crippen molar-refractivity contribution in [1.82, 2.24) is 4.90 Å². The number of nitrogens with zero attached hydrogens (tertiary/aromatic N) is 1. The van der Waals surface area contributed by atoms with E-state index in [1.165, 1.54) is 19.4 Å². The molecule has 3 heteroatoms. The minimum Gasteiger partial charge on any atom is -0.377 e. The van der Waals surface area contributed by atoms with Gasteiger partial charge in [-0.2, -0.15) is 0 Å². The molecule has 0 aromatic rings. The Labute approximate surface area is 86.6 Å². The molecule has 82 valence electrons. The molecule has 2 saturated heterocycles. The highest BCUT2D eigenvalue weighted by molar-refractivity contribution is 4.88. The van der Waals surface area contributed by atoms with Gasteiger partial charge in [0, 0.05) is 31.8 Å². The number of likely N-dealkylation sites (tertiary alicyclic amines) is 1. The van der Waals surface area contributed by atoms with E-state index in [9.17, 15) is 0 Å². The van der Waals surface area contributed by atoms with Crippen LogP contribution in [0.4, 0.5) is 0 Å². The molecular formula is C11H22N2O. The lowest BCUT2D eigenvalue weighted by Crippen LogP contribution is -2.52. The van der Waals surface area contributed by atoms with E-state index in [1.807, 2.05) is 0 Å². The molecule has 2 N–H and O–H groups in total. The molecule has 3 nitrogen and oxygen atoms in total. The lowest BCUT2D eigenvalue weighted by Gasteiger charge is -2.39. The van der Waals surface area contributed by atoms with Gasteiger partial charge in [-0.1, -0.05) is 6.92 Å². The van der Waals surface area contributed by atoms with Crippen molar-refractivity contribution in [2.75, 3.05) is 19.7 Å². The van der Waals surface area contributed by atoms with Gasteiger partial charge in [-0.15, -0.1) is 0 Å². The van der Waals surface area contributed by atoms with Crippen LogP contribution in [0.3, 0.4) is 0 Å². The fourth-order valence-electron chi connectivity index (χ4n) is 2.91. The molecule has 0 spiro atoms. The summed E-state index contributed by atoms with van der Waals surface area (Å²) in [6.07, 6.45) is 2.76. The molecule has 0 bridgehead atoms. The zero-order chi connectivity index (χ0) is 10.1. The summed E-state index contributed by atoms with van der Waals surface area (Å²) in [5.74, 6) is 0.742. The van der Waals surface area contributed by atoms with E-state index in [4.69, 9.17) is 10.5 Å². The molecule has 2 fully saturated rings. The van der Waals surface area contributed by atoms with E-state index in [0.717, 1.165) is 19.1 Å². The molecule has 0 aliphatic carbocycles. The second-order valence-corrected chi connectivity index (χ2v) is 4.99. The highest BCUT2D eigenvalue weighted by Crippen LogP contribution is 2.24. The zero-order valence-corrected chi connectivity index (χ0v) is 9.28. The van der Waals surface area contributed by atoms with Crippen molar-refractivity contribution < 1.29 is 4.74 Å². The van der Waals surface area contributed by atoms with E-state index in [-0.39, 0.29) is 0 Å². The molecule has 2 aliphatic heterocycles. The number of rotatable bonds is 1. The summed E-state index contributed by atoms with van der Waals surface area (Å²) in [4.78, 5) is 2.54. The second-order valence-electron chi connectivity index (χ2n) is 4.99. The Morgan fingerprint density at radius 3 is 2.64 bits per heavy atom. The van der Waals surface area contributed by atoms with Crippen LogP contribution in [0.25, 0.3) is 0 Å². The summed E-state index contributed by atoms with van der Waals surface area (Å²) in [5, 5.41) is 0. The molecule has 0 radical (unpaired) electrons. The summed E-state index contributed by atoms with van der Waals surface area (Å²) in [6, 6.07) is 0.982. The minimum absolute atomic E-state index is 0.367. The van der Waals surface area contributed by atoms with Crippen LogP contribution in [0.5, 0.6) is 0 Å². The largest absolute Gasteiger partial charge is 0.377 e. The molecule has 4 atom stereocenters. The Morgan fingerprint density at radius 1 is 1.29 bits per heavy atom. The van der Waals surface area contributed by atoms with E-state index < -0.39 is 0 Å². The minimum atomic E-state index is 0.367. The first kappa shape index (κ1) is 10.4. The van der Waals surface area contributed by atoms with Crippen molar-refractivity contribution in [2.24, 2.45) is 11.7 Å². The maximum Gasteiger partial charge on any atom is 0.0703 e. The van der Waals surface area contributed by atoms with Gasteiger partial charge in [0.1, 0.15) is 0 Å². The Hall–Kier alpha value is -0.120. The monoisotopic (exact) mass is 198 g/mol. The van der Waals surface area contributed by atoms with Crippen molar-refractivity contribution in [2.45, 2.75) is 44.9 Å². The molecule has 2 aliphatic rings. The van der Waals surface area contributed by atoms with Gasteiger partial charge in [-0.3, -0.25) is 4.90 Å². The highest BCUT2D eigenvalue weighted by atomic mass is 16.5. The first-order valence-corrected chi connectivity index (χ1v) is 5.78. The van der Waals surface area contributed by atoms with E-state index in [0.29, 0.717) is 18.2 Å². The van der Waals surface area contributed by atoms with Gasteiger partial charge >= 0.3 is 0 Å². The first-order chi connectivity index (χ1) is 6.66. The van der Waals surface area contributed by atoms with Crippen LogP contribution in [0, 0.1) is 5.92 Å². The molecule has 0 amide bonds. The number of nitrogens with two attached hydrogens (primary N) is 1. The standard InChI is InChI=1S/C11H22N2O/c1-8-5-10(12)7-13(6-8)11-3-4-14-9(11)2/h8-11H,3-7,12H2,1-2H3. The fraction of sp³-hybridized carbons (Fsp3) is 1.00. The Bertz CT molecular complexity index is 188. The summed E-state index contributed by atoms with van der Waals surface area (Å²) >= 11 is 0. The molecule has 0 saturated carbocycles. The van der Waals surface area contributed by atoms with Crippen LogP contribution in [0.1, 0.15) is 26.7 Å². The van der Waals surface area contributed by atoms with Crippen molar-refractivity contribution in [3.8, 4) is 0 Å². The lowest BCUT2D eigenvalue weighted by atomic mass is 9.94. The van der Waals surface area contributed by atoms with Gasteiger partial charge in [-0.25, -0.2) is 0 Å². The topological polar surface area (TPSA) is 38.5 Å². The molecular weight excluding hydrogens is 176 g/mol. The third kappa shape index (κ3) is 2.10. The molecule has 0 aromatic heterocycles. The summed E-state index contributed by atoms with van der Waals surface area (Å²) in [5.41, 5.74) is 6.05. The van der Waals surface area contributed by atoms with Crippen LogP contribution in [0.2, 0.25) is 0 Å². The Morgan fingerprint density at radius 2 is 2.07 bits per heavy atom. The summed E-state index contributed by atoms with van der Waals surface area (Å²) < 4.78 is 5.61. The van der Waals surface area contributed by atoms with Crippen LogP contribution in [-0.2, 0) is 4.74 Å². The normalized spacial score (nSPS) is 45.6. The SMILES string of the molecule is CC1CC(N)CN(C2CCOC2C)C1. The smallest absolute Gasteiger partial charge is 0.0703 e. The van der Waals surface area contributed by atoms with Crippen molar-refractivity contribution in [1.29, 1.82) is 0 Å². The average Bonchev–Trinajstić information content (AvgIpc) is 2.49. The van der Waals surface area contributed by atoms with Crippen molar-refractivity contribution in [3.63, 3.8) is 0 Å². The molecule has 0 aromatic carbocycles. The third-order valence-corrected chi connectivity index (χ3v) is 3.53. The Kier molecular flexibility index (Phi) is 3.10. The number of hydrogen-bond donors (Lipinski definition) is 1. The average molecular weight is 198 g/mol. The summed E-state index contributed by atoms with van der Waals surface area (Å²) in [6.45, 7) is 7.66.